The van der Waals surface area contributed by atoms with Crippen LogP contribution >= 0.6 is 7.82 Å². The lowest BCUT2D eigenvalue weighted by Crippen LogP contribution is -2.37. The fourth-order valence-corrected chi connectivity index (χ4v) is 7.57. The van der Waals surface area contributed by atoms with Crippen molar-refractivity contribution >= 4 is 13.8 Å². The van der Waals surface area contributed by atoms with Crippen LogP contribution in [-0.4, -0.2) is 70.7 Å². The number of phosphoric ester groups is 1. The van der Waals surface area contributed by atoms with E-state index in [2.05, 4.69) is 86.8 Å². The van der Waals surface area contributed by atoms with Crippen molar-refractivity contribution in [2.75, 3.05) is 54.1 Å². The fourth-order valence-electron chi connectivity index (χ4n) is 6.84. The van der Waals surface area contributed by atoms with Crippen molar-refractivity contribution in [1.29, 1.82) is 0 Å². The van der Waals surface area contributed by atoms with Crippen LogP contribution in [0.4, 0.5) is 0 Å². The standard InChI is InChI=1S/C54H98NO7P/c1-6-8-10-12-14-16-18-20-22-24-26-28-29-31-33-35-37-39-41-43-45-47-54(56)62-53(52-61-63(57,58)60-50-48-55(3,4)5)51-59-49-46-44-42-40-38-36-34-32-30-27-25-23-21-19-17-15-13-11-9-7-2/h8,10,14,16,20,22,26,28,31,33,37,39,53H,6-7,9,11-13,15,17-19,21,23-25,27,29-30,32,34-36,38,40-52H2,1-5H3/b10-8-,16-14-,22-20-,28-26-,33-31-,39-37-. The van der Waals surface area contributed by atoms with Crippen LogP contribution < -0.4 is 4.89 Å². The highest BCUT2D eigenvalue weighted by Gasteiger charge is 2.20. The number of carbonyl (C=O) groups excluding carboxylic acids is 1. The fraction of sp³-hybridized carbons (Fsp3) is 0.759. The number of nitrogens with zero attached hydrogens (tertiary/aromatic N) is 1. The Balaban J connectivity index is 4.23. The van der Waals surface area contributed by atoms with Crippen LogP contribution in [0, 0.1) is 0 Å². The number of unbranched alkanes of at least 4 members (excludes halogenated alkanes) is 21. The first-order chi connectivity index (χ1) is 30.6. The number of hydrogen-bond donors (Lipinski definition) is 0. The number of allylic oxidation sites excluding steroid dienone is 12. The van der Waals surface area contributed by atoms with E-state index in [4.69, 9.17) is 18.5 Å². The number of hydrogen-bond acceptors (Lipinski definition) is 7. The molecule has 0 aromatic carbocycles. The number of ether oxygens (including phenoxy) is 2. The van der Waals surface area contributed by atoms with Crippen molar-refractivity contribution in [2.45, 2.75) is 213 Å². The molecule has 0 bridgehead atoms. The van der Waals surface area contributed by atoms with Crippen LogP contribution in [-0.2, 0) is 27.9 Å². The highest BCUT2D eigenvalue weighted by molar-refractivity contribution is 7.45. The van der Waals surface area contributed by atoms with Crippen LogP contribution in [0.1, 0.15) is 206 Å². The number of carbonyl (C=O) groups is 1. The molecule has 0 N–H and O–H groups in total. The van der Waals surface area contributed by atoms with Crippen LogP contribution in [0.2, 0.25) is 0 Å². The maximum Gasteiger partial charge on any atom is 0.306 e. The van der Waals surface area contributed by atoms with Crippen LogP contribution in [0.15, 0.2) is 72.9 Å². The number of phosphoric acid groups is 1. The van der Waals surface area contributed by atoms with E-state index < -0.39 is 13.9 Å². The zero-order valence-electron chi connectivity index (χ0n) is 41.5. The quantitative estimate of drug-likeness (QED) is 0.0197. The molecule has 2 unspecified atom stereocenters. The molecule has 0 aliphatic carbocycles. The molecular weight excluding hydrogens is 806 g/mol. The Morgan fingerprint density at radius 3 is 1.35 bits per heavy atom. The molecule has 2 atom stereocenters. The summed E-state index contributed by atoms with van der Waals surface area (Å²) < 4.78 is 34.7. The summed E-state index contributed by atoms with van der Waals surface area (Å²) in [4.78, 5) is 25.2. The Kier molecular flexibility index (Phi) is 44.9. The van der Waals surface area contributed by atoms with Crippen molar-refractivity contribution in [3.8, 4) is 0 Å². The monoisotopic (exact) mass is 904 g/mol. The highest BCUT2D eigenvalue weighted by Crippen LogP contribution is 2.38. The lowest BCUT2D eigenvalue weighted by Gasteiger charge is -2.28. The van der Waals surface area contributed by atoms with Crippen molar-refractivity contribution in [3.63, 3.8) is 0 Å². The molecule has 63 heavy (non-hydrogen) atoms. The topological polar surface area (TPSA) is 94.1 Å². The normalized spacial score (nSPS) is 14.2. The second-order valence-electron chi connectivity index (χ2n) is 18.2. The van der Waals surface area contributed by atoms with Gasteiger partial charge in [-0.15, -0.1) is 0 Å². The summed E-state index contributed by atoms with van der Waals surface area (Å²) in [5.74, 6) is -0.375. The number of likely N-dealkylation sites (N-methyl/N-ethyl adjacent to an activating group) is 1. The minimum atomic E-state index is -4.55. The average molecular weight is 904 g/mol. The third-order valence-corrected chi connectivity index (χ3v) is 11.7. The van der Waals surface area contributed by atoms with Gasteiger partial charge in [-0.1, -0.05) is 209 Å². The zero-order valence-corrected chi connectivity index (χ0v) is 42.4. The molecule has 0 saturated carbocycles. The molecule has 0 fully saturated rings. The molecule has 0 amide bonds. The first-order valence-corrected chi connectivity index (χ1v) is 27.1. The molecule has 0 spiro atoms. The van der Waals surface area contributed by atoms with E-state index in [0.717, 1.165) is 64.2 Å². The zero-order chi connectivity index (χ0) is 46.2. The molecule has 366 valence electrons. The molecule has 8 nitrogen and oxygen atoms in total. The predicted octanol–water partition coefficient (Wildman–Crippen LogP) is 15.2. The summed E-state index contributed by atoms with van der Waals surface area (Å²) in [6.45, 7) is 5.26. The maximum absolute atomic E-state index is 12.7. The average Bonchev–Trinajstić information content (AvgIpc) is 3.24. The first kappa shape index (κ1) is 60.9. The van der Waals surface area contributed by atoms with Crippen molar-refractivity contribution < 1.29 is 37.3 Å². The summed E-state index contributed by atoms with van der Waals surface area (Å²) in [5.41, 5.74) is 0. The molecule has 0 aliphatic rings. The Hall–Kier alpha value is -2.06. The summed E-state index contributed by atoms with van der Waals surface area (Å²) in [6.07, 6.45) is 60.7. The number of quaternary nitrogens is 1. The van der Waals surface area contributed by atoms with E-state index in [-0.39, 0.29) is 32.2 Å². The minimum Gasteiger partial charge on any atom is -0.756 e. The van der Waals surface area contributed by atoms with Gasteiger partial charge in [0.2, 0.25) is 0 Å². The third-order valence-electron chi connectivity index (χ3n) is 10.8. The van der Waals surface area contributed by atoms with Gasteiger partial charge in [0.05, 0.1) is 34.4 Å². The van der Waals surface area contributed by atoms with Crippen LogP contribution in [0.3, 0.4) is 0 Å². The Bertz CT molecular complexity index is 1230. The van der Waals surface area contributed by atoms with Gasteiger partial charge in [-0.05, 0) is 64.2 Å². The van der Waals surface area contributed by atoms with E-state index in [1.54, 1.807) is 0 Å². The van der Waals surface area contributed by atoms with Gasteiger partial charge in [0.1, 0.15) is 19.3 Å². The summed E-state index contributed by atoms with van der Waals surface area (Å²) in [6, 6.07) is 0. The maximum atomic E-state index is 12.7. The smallest absolute Gasteiger partial charge is 0.306 e. The van der Waals surface area contributed by atoms with E-state index >= 15 is 0 Å². The molecule has 0 aromatic heterocycles. The second kappa shape index (κ2) is 46.5. The van der Waals surface area contributed by atoms with Crippen LogP contribution in [0.5, 0.6) is 0 Å². The lowest BCUT2D eigenvalue weighted by atomic mass is 10.0. The number of esters is 1. The predicted molar refractivity (Wildman–Crippen MR) is 268 cm³/mol. The Labute approximate surface area is 389 Å². The molecular formula is C54H98NO7P. The summed E-state index contributed by atoms with van der Waals surface area (Å²) in [7, 11) is 1.32. The lowest BCUT2D eigenvalue weighted by molar-refractivity contribution is -0.870. The van der Waals surface area contributed by atoms with Gasteiger partial charge in [0, 0.05) is 13.0 Å². The highest BCUT2D eigenvalue weighted by atomic mass is 31.2. The SMILES string of the molecule is CC/C=C\C/C=C\C/C=C\C/C=C\C/C=C\C/C=C\CCCCC(=O)OC(COCCCCCCCCCCCCCCCCCCCCCC)COP(=O)([O-])OCC[N+](C)(C)C. The largest absolute Gasteiger partial charge is 0.756 e. The molecule has 0 radical (unpaired) electrons. The van der Waals surface area contributed by atoms with Gasteiger partial charge in [0.25, 0.3) is 7.82 Å². The van der Waals surface area contributed by atoms with E-state index in [9.17, 15) is 14.3 Å². The molecule has 0 heterocycles. The van der Waals surface area contributed by atoms with Gasteiger partial charge in [0.15, 0.2) is 0 Å². The molecule has 0 rings (SSSR count). The van der Waals surface area contributed by atoms with Crippen LogP contribution in [0.25, 0.3) is 0 Å². The van der Waals surface area contributed by atoms with Crippen molar-refractivity contribution in [1.82, 2.24) is 0 Å². The van der Waals surface area contributed by atoms with Gasteiger partial charge in [-0.2, -0.15) is 0 Å². The molecule has 0 aliphatic heterocycles. The first-order valence-electron chi connectivity index (χ1n) is 25.7. The van der Waals surface area contributed by atoms with E-state index in [0.29, 0.717) is 24.1 Å². The summed E-state index contributed by atoms with van der Waals surface area (Å²) >= 11 is 0. The summed E-state index contributed by atoms with van der Waals surface area (Å²) in [5, 5.41) is 0. The van der Waals surface area contributed by atoms with Gasteiger partial charge < -0.3 is 27.9 Å². The van der Waals surface area contributed by atoms with Gasteiger partial charge in [-0.3, -0.25) is 9.36 Å². The molecule has 9 heteroatoms. The Morgan fingerprint density at radius 1 is 0.508 bits per heavy atom. The van der Waals surface area contributed by atoms with Gasteiger partial charge >= 0.3 is 5.97 Å². The van der Waals surface area contributed by atoms with Gasteiger partial charge in [-0.25, -0.2) is 0 Å². The third kappa shape index (κ3) is 50.8. The van der Waals surface area contributed by atoms with E-state index in [1.807, 2.05) is 21.1 Å². The Morgan fingerprint density at radius 2 is 0.921 bits per heavy atom. The van der Waals surface area contributed by atoms with Crippen molar-refractivity contribution in [2.24, 2.45) is 0 Å². The van der Waals surface area contributed by atoms with E-state index in [1.165, 1.54) is 116 Å². The second-order valence-corrected chi connectivity index (χ2v) is 19.6. The minimum absolute atomic E-state index is 0.0153. The number of rotatable bonds is 47. The molecule has 0 saturated heterocycles. The molecule has 0 aromatic rings. The van der Waals surface area contributed by atoms with Crippen molar-refractivity contribution in [3.05, 3.63) is 72.9 Å².